The first kappa shape index (κ1) is 20.7. The van der Waals surface area contributed by atoms with E-state index >= 15 is 0 Å². The number of amides is 2. The van der Waals surface area contributed by atoms with Crippen molar-refractivity contribution in [3.8, 4) is 11.3 Å². The Morgan fingerprint density at radius 2 is 1.97 bits per heavy atom. The average molecular weight is 447 g/mol. The van der Waals surface area contributed by atoms with E-state index in [-0.39, 0.29) is 16.8 Å². The topological polar surface area (TPSA) is 93.7 Å². The van der Waals surface area contributed by atoms with Crippen LogP contribution in [0.1, 0.15) is 37.9 Å². The zero-order valence-corrected chi connectivity index (χ0v) is 17.6. The van der Waals surface area contributed by atoms with Gasteiger partial charge >= 0.3 is 0 Å². The smallest absolute Gasteiger partial charge is 0.293 e. The third-order valence-corrected chi connectivity index (χ3v) is 6.60. The summed E-state index contributed by atoms with van der Waals surface area (Å²) in [5.74, 6) is 0.784. The summed E-state index contributed by atoms with van der Waals surface area (Å²) in [7, 11) is 0. The highest BCUT2D eigenvalue weighted by atomic mass is 35.5. The molecule has 1 aliphatic carbocycles. The Hall–Kier alpha value is -2.58. The molecule has 0 bridgehead atoms. The van der Waals surface area contributed by atoms with Crippen LogP contribution in [0.25, 0.3) is 17.4 Å². The fourth-order valence-corrected chi connectivity index (χ4v) is 4.84. The van der Waals surface area contributed by atoms with Gasteiger partial charge in [-0.1, -0.05) is 30.9 Å². The van der Waals surface area contributed by atoms with E-state index in [0.29, 0.717) is 39.5 Å². The SMILES string of the molecule is O=C1S/C(=C/c2ccc(-c3cc([N+](=O)[O-])ccc3Cl)o2)C(=O)N1CC1CCCCC1. The molecule has 1 aromatic carbocycles. The monoisotopic (exact) mass is 446 g/mol. The summed E-state index contributed by atoms with van der Waals surface area (Å²) in [6, 6.07) is 7.36. The van der Waals surface area contributed by atoms with Crippen LogP contribution in [-0.2, 0) is 4.79 Å². The molecule has 0 N–H and O–H groups in total. The standard InChI is InChI=1S/C21H19ClN2O5S/c22-17-8-6-14(24(27)28)10-16(17)18-9-7-15(29-18)11-19-20(25)23(21(26)30-19)12-13-4-2-1-3-5-13/h6-11,13H,1-5,12H2/b19-11+. The first-order chi connectivity index (χ1) is 14.4. The van der Waals surface area contributed by atoms with E-state index in [9.17, 15) is 19.7 Å². The number of hydrogen-bond acceptors (Lipinski definition) is 6. The van der Waals surface area contributed by atoms with Crippen LogP contribution in [0.5, 0.6) is 0 Å². The third-order valence-electron chi connectivity index (χ3n) is 5.37. The quantitative estimate of drug-likeness (QED) is 0.311. The number of non-ortho nitro benzene ring substituents is 1. The zero-order valence-electron chi connectivity index (χ0n) is 16.0. The molecule has 2 aromatic rings. The number of thioether (sulfide) groups is 1. The zero-order chi connectivity index (χ0) is 21.3. The second-order valence-corrected chi connectivity index (χ2v) is 8.82. The van der Waals surface area contributed by atoms with E-state index in [0.717, 1.165) is 37.4 Å². The first-order valence-electron chi connectivity index (χ1n) is 9.72. The molecule has 7 nitrogen and oxygen atoms in total. The van der Waals surface area contributed by atoms with Gasteiger partial charge < -0.3 is 4.42 Å². The molecule has 2 amide bonds. The Bertz CT molecular complexity index is 1040. The number of nitro groups is 1. The number of benzene rings is 1. The molecule has 2 heterocycles. The highest BCUT2D eigenvalue weighted by Crippen LogP contribution is 2.37. The second-order valence-electron chi connectivity index (χ2n) is 7.42. The third kappa shape index (κ3) is 4.29. The van der Waals surface area contributed by atoms with Crippen LogP contribution in [0, 0.1) is 16.0 Å². The largest absolute Gasteiger partial charge is 0.457 e. The van der Waals surface area contributed by atoms with E-state index in [1.165, 1.54) is 35.6 Å². The second kappa shape index (κ2) is 8.65. The number of halogens is 1. The van der Waals surface area contributed by atoms with Crippen molar-refractivity contribution in [1.29, 1.82) is 0 Å². The molecule has 156 valence electrons. The van der Waals surface area contributed by atoms with Gasteiger partial charge in [0.2, 0.25) is 0 Å². The number of rotatable bonds is 5. The van der Waals surface area contributed by atoms with Gasteiger partial charge in [-0.2, -0.15) is 0 Å². The van der Waals surface area contributed by atoms with Gasteiger partial charge in [-0.3, -0.25) is 24.6 Å². The number of carbonyl (C=O) groups excluding carboxylic acids is 2. The summed E-state index contributed by atoms with van der Waals surface area (Å²) in [5, 5.41) is 11.1. The fraction of sp³-hybridized carbons (Fsp3) is 0.333. The average Bonchev–Trinajstić information content (AvgIpc) is 3.29. The van der Waals surface area contributed by atoms with Gasteiger partial charge in [-0.15, -0.1) is 0 Å². The van der Waals surface area contributed by atoms with Crippen molar-refractivity contribution < 1.29 is 18.9 Å². The molecule has 1 aromatic heterocycles. The normalized spacial score (nSPS) is 19.1. The van der Waals surface area contributed by atoms with Gasteiger partial charge in [-0.05, 0) is 48.7 Å². The highest BCUT2D eigenvalue weighted by Gasteiger charge is 2.36. The molecule has 4 rings (SSSR count). The van der Waals surface area contributed by atoms with Crippen LogP contribution in [0.2, 0.25) is 5.02 Å². The van der Waals surface area contributed by atoms with E-state index in [1.54, 1.807) is 12.1 Å². The van der Waals surface area contributed by atoms with Gasteiger partial charge in [0, 0.05) is 30.3 Å². The number of imide groups is 1. The summed E-state index contributed by atoms with van der Waals surface area (Å²) in [4.78, 5) is 37.2. The minimum atomic E-state index is -0.508. The van der Waals surface area contributed by atoms with Crippen LogP contribution < -0.4 is 0 Å². The summed E-state index contributed by atoms with van der Waals surface area (Å²) in [5.41, 5.74) is 0.284. The summed E-state index contributed by atoms with van der Waals surface area (Å²) in [6.45, 7) is 0.467. The van der Waals surface area contributed by atoms with Gasteiger partial charge in [0.05, 0.1) is 14.9 Å². The van der Waals surface area contributed by atoms with E-state index < -0.39 is 4.92 Å². The lowest BCUT2D eigenvalue weighted by molar-refractivity contribution is -0.384. The van der Waals surface area contributed by atoms with Crippen molar-refractivity contribution in [1.82, 2.24) is 4.90 Å². The number of hydrogen-bond donors (Lipinski definition) is 0. The van der Waals surface area contributed by atoms with E-state index in [4.69, 9.17) is 16.0 Å². The van der Waals surface area contributed by atoms with Crippen molar-refractivity contribution in [2.45, 2.75) is 32.1 Å². The molecular weight excluding hydrogens is 428 g/mol. The Morgan fingerprint density at radius 3 is 2.70 bits per heavy atom. The van der Waals surface area contributed by atoms with Gasteiger partial charge in [0.25, 0.3) is 16.8 Å². The van der Waals surface area contributed by atoms with Crippen LogP contribution in [0.4, 0.5) is 10.5 Å². The van der Waals surface area contributed by atoms with Gasteiger partial charge in [-0.25, -0.2) is 0 Å². The fourth-order valence-electron chi connectivity index (χ4n) is 3.81. The lowest BCUT2D eigenvalue weighted by atomic mass is 9.89. The maximum Gasteiger partial charge on any atom is 0.293 e. The predicted molar refractivity (Wildman–Crippen MR) is 115 cm³/mol. The maximum atomic E-state index is 12.7. The van der Waals surface area contributed by atoms with E-state index in [2.05, 4.69) is 0 Å². The lowest BCUT2D eigenvalue weighted by Gasteiger charge is -2.25. The maximum absolute atomic E-state index is 12.7. The molecular formula is C21H19ClN2O5S. The van der Waals surface area contributed by atoms with Crippen molar-refractivity contribution >= 4 is 46.3 Å². The minimum absolute atomic E-state index is 0.101. The van der Waals surface area contributed by atoms with Gasteiger partial charge in [0.1, 0.15) is 11.5 Å². The number of nitro benzene ring substituents is 1. The molecule has 1 saturated heterocycles. The van der Waals surface area contributed by atoms with Crippen LogP contribution in [-0.4, -0.2) is 27.5 Å². The molecule has 2 aliphatic rings. The Balaban J connectivity index is 1.53. The number of nitrogens with zero attached hydrogens (tertiary/aromatic N) is 2. The van der Waals surface area contributed by atoms with Gasteiger partial charge in [0.15, 0.2) is 0 Å². The Morgan fingerprint density at radius 1 is 1.20 bits per heavy atom. The molecule has 0 unspecified atom stereocenters. The molecule has 0 radical (unpaired) electrons. The molecule has 2 fully saturated rings. The molecule has 1 saturated carbocycles. The van der Waals surface area contributed by atoms with Crippen molar-refractivity contribution in [2.75, 3.05) is 6.54 Å². The summed E-state index contributed by atoms with van der Waals surface area (Å²) >= 11 is 7.06. The van der Waals surface area contributed by atoms with Crippen LogP contribution >= 0.6 is 23.4 Å². The number of carbonyl (C=O) groups is 2. The molecule has 1 aliphatic heterocycles. The molecule has 0 atom stereocenters. The van der Waals surface area contributed by atoms with Crippen molar-refractivity contribution in [3.05, 3.63) is 56.1 Å². The van der Waals surface area contributed by atoms with Crippen LogP contribution in [0.15, 0.2) is 39.7 Å². The molecule has 9 heteroatoms. The summed E-state index contributed by atoms with van der Waals surface area (Å²) in [6.07, 6.45) is 7.13. The van der Waals surface area contributed by atoms with Crippen LogP contribution in [0.3, 0.4) is 0 Å². The first-order valence-corrected chi connectivity index (χ1v) is 10.9. The lowest BCUT2D eigenvalue weighted by Crippen LogP contribution is -2.34. The Labute approximate surface area is 182 Å². The molecule has 30 heavy (non-hydrogen) atoms. The van der Waals surface area contributed by atoms with Crippen molar-refractivity contribution in [3.63, 3.8) is 0 Å². The number of furan rings is 1. The van der Waals surface area contributed by atoms with E-state index in [1.807, 2.05) is 0 Å². The highest BCUT2D eigenvalue weighted by molar-refractivity contribution is 8.18. The molecule has 0 spiro atoms. The predicted octanol–water partition coefficient (Wildman–Crippen LogP) is 6.12. The summed E-state index contributed by atoms with van der Waals surface area (Å²) < 4.78 is 5.74. The van der Waals surface area contributed by atoms with Crippen molar-refractivity contribution in [2.24, 2.45) is 5.92 Å². The minimum Gasteiger partial charge on any atom is -0.457 e. The Kier molecular flexibility index (Phi) is 5.97.